The van der Waals surface area contributed by atoms with Gasteiger partial charge in [0.2, 0.25) is 0 Å². The van der Waals surface area contributed by atoms with Crippen molar-refractivity contribution in [3.05, 3.63) is 61.0 Å². The number of ether oxygens (including phenoxy) is 2. The van der Waals surface area contributed by atoms with Gasteiger partial charge in [0, 0.05) is 11.6 Å². The van der Waals surface area contributed by atoms with Crippen LogP contribution in [0.4, 0.5) is 0 Å². The molecule has 0 saturated carbocycles. The molecule has 0 atom stereocenters. The first kappa shape index (κ1) is 22.4. The van der Waals surface area contributed by atoms with Crippen LogP contribution >= 0.6 is 58.2 Å². The van der Waals surface area contributed by atoms with Gasteiger partial charge >= 0.3 is 0 Å². The molecular formula is C21H19ClINO3S2. The predicted molar refractivity (Wildman–Crippen MR) is 132 cm³/mol. The summed E-state index contributed by atoms with van der Waals surface area (Å²) in [6, 6.07) is 11.3. The molecule has 152 valence electrons. The topological polar surface area (TPSA) is 38.8 Å². The Morgan fingerprint density at radius 1 is 1.28 bits per heavy atom. The lowest BCUT2D eigenvalue weighted by molar-refractivity contribution is -0.122. The summed E-state index contributed by atoms with van der Waals surface area (Å²) in [5.41, 5.74) is 1.87. The molecular weight excluding hydrogens is 541 g/mol. The van der Waals surface area contributed by atoms with Crippen LogP contribution < -0.4 is 9.47 Å². The Bertz CT molecular complexity index is 963. The second-order valence-corrected chi connectivity index (χ2v) is 9.56. The Kier molecular flexibility index (Phi) is 7.84. The summed E-state index contributed by atoms with van der Waals surface area (Å²) < 4.78 is 13.0. The van der Waals surface area contributed by atoms with E-state index in [1.54, 1.807) is 12.0 Å². The summed E-state index contributed by atoms with van der Waals surface area (Å²) in [5.74, 6) is 1.23. The highest BCUT2D eigenvalue weighted by atomic mass is 127. The smallest absolute Gasteiger partial charge is 0.266 e. The number of rotatable bonds is 7. The molecule has 1 amide bonds. The zero-order valence-electron chi connectivity index (χ0n) is 15.9. The predicted octanol–water partition coefficient (Wildman–Crippen LogP) is 6.14. The number of nitrogens with zero attached hydrogens (tertiary/aromatic N) is 1. The van der Waals surface area contributed by atoms with Crippen molar-refractivity contribution in [3.8, 4) is 11.5 Å². The number of carbonyl (C=O) groups excluding carboxylic acids is 1. The van der Waals surface area contributed by atoms with Gasteiger partial charge in [-0.15, -0.1) is 0 Å². The van der Waals surface area contributed by atoms with Crippen LogP contribution in [0.2, 0.25) is 5.02 Å². The molecule has 3 rings (SSSR count). The molecule has 0 radical (unpaired) electrons. The van der Waals surface area contributed by atoms with Crippen LogP contribution in [0.5, 0.6) is 11.5 Å². The highest BCUT2D eigenvalue weighted by Gasteiger charge is 2.31. The van der Waals surface area contributed by atoms with E-state index in [1.165, 1.54) is 11.8 Å². The van der Waals surface area contributed by atoms with Crippen molar-refractivity contribution in [3.63, 3.8) is 0 Å². The van der Waals surface area contributed by atoms with Gasteiger partial charge in [-0.25, -0.2) is 0 Å². The summed E-state index contributed by atoms with van der Waals surface area (Å²) in [4.78, 5) is 14.9. The van der Waals surface area contributed by atoms with Crippen molar-refractivity contribution in [2.24, 2.45) is 0 Å². The largest absolute Gasteiger partial charge is 0.493 e. The molecule has 1 aliphatic rings. The number of thioether (sulfide) groups is 1. The SMILES string of the molecule is CCCN1C(=O)/C(=C/c2cc(I)c(OCc3ccc(Cl)cc3)c(OC)c2)SC1=S. The fraction of sp³-hybridized carbons (Fsp3) is 0.238. The Labute approximate surface area is 198 Å². The molecule has 0 N–H and O–H groups in total. The number of amides is 1. The van der Waals surface area contributed by atoms with E-state index in [0.29, 0.717) is 38.9 Å². The molecule has 0 aromatic heterocycles. The second kappa shape index (κ2) is 10.1. The van der Waals surface area contributed by atoms with E-state index >= 15 is 0 Å². The number of methoxy groups -OCH3 is 1. The van der Waals surface area contributed by atoms with E-state index in [-0.39, 0.29) is 5.91 Å². The first-order chi connectivity index (χ1) is 13.9. The van der Waals surface area contributed by atoms with Gasteiger partial charge in [-0.3, -0.25) is 9.69 Å². The van der Waals surface area contributed by atoms with Crippen molar-refractivity contribution in [2.45, 2.75) is 20.0 Å². The first-order valence-corrected chi connectivity index (χ1v) is 11.6. The van der Waals surface area contributed by atoms with E-state index in [0.717, 1.165) is 21.1 Å². The Balaban J connectivity index is 1.82. The third-order valence-electron chi connectivity index (χ3n) is 4.17. The third-order valence-corrected chi connectivity index (χ3v) is 6.60. The molecule has 2 aromatic rings. The fourth-order valence-electron chi connectivity index (χ4n) is 2.77. The molecule has 8 heteroatoms. The summed E-state index contributed by atoms with van der Waals surface area (Å²) in [7, 11) is 1.60. The average molecular weight is 560 g/mol. The summed E-state index contributed by atoms with van der Waals surface area (Å²) in [6.07, 6.45) is 2.72. The molecule has 0 bridgehead atoms. The van der Waals surface area contributed by atoms with Gasteiger partial charge < -0.3 is 9.47 Å². The van der Waals surface area contributed by atoms with Crippen LogP contribution in [0.15, 0.2) is 41.3 Å². The van der Waals surface area contributed by atoms with Gasteiger partial charge in [0.25, 0.3) is 5.91 Å². The van der Waals surface area contributed by atoms with Crippen LogP contribution in [0.1, 0.15) is 24.5 Å². The minimum absolute atomic E-state index is 0.0427. The molecule has 0 aliphatic carbocycles. The maximum Gasteiger partial charge on any atom is 0.266 e. The molecule has 1 aliphatic heterocycles. The van der Waals surface area contributed by atoms with E-state index in [9.17, 15) is 4.79 Å². The molecule has 1 saturated heterocycles. The van der Waals surface area contributed by atoms with E-state index < -0.39 is 0 Å². The molecule has 0 spiro atoms. The summed E-state index contributed by atoms with van der Waals surface area (Å²) >= 11 is 14.8. The number of benzene rings is 2. The van der Waals surface area contributed by atoms with E-state index in [4.69, 9.17) is 33.3 Å². The van der Waals surface area contributed by atoms with Crippen molar-refractivity contribution in [1.82, 2.24) is 4.90 Å². The van der Waals surface area contributed by atoms with E-state index in [1.807, 2.05) is 49.4 Å². The van der Waals surface area contributed by atoms with Gasteiger partial charge in [-0.2, -0.15) is 0 Å². The van der Waals surface area contributed by atoms with Crippen LogP contribution in [0.25, 0.3) is 6.08 Å². The van der Waals surface area contributed by atoms with Crippen LogP contribution in [-0.4, -0.2) is 28.8 Å². The molecule has 1 heterocycles. The number of hydrogen-bond acceptors (Lipinski definition) is 5. The third kappa shape index (κ3) is 5.45. The average Bonchev–Trinajstić information content (AvgIpc) is 2.96. The van der Waals surface area contributed by atoms with Crippen LogP contribution in [0.3, 0.4) is 0 Å². The molecule has 4 nitrogen and oxygen atoms in total. The zero-order valence-corrected chi connectivity index (χ0v) is 20.5. The van der Waals surface area contributed by atoms with Crippen LogP contribution in [0, 0.1) is 3.57 Å². The molecule has 0 unspecified atom stereocenters. The quantitative estimate of drug-likeness (QED) is 0.231. The summed E-state index contributed by atoms with van der Waals surface area (Å²) in [6.45, 7) is 3.07. The van der Waals surface area contributed by atoms with Gasteiger partial charge in [-0.05, 0) is 70.5 Å². The normalized spacial score (nSPS) is 15.3. The minimum atomic E-state index is -0.0427. The fourth-order valence-corrected chi connectivity index (χ4v) is 4.98. The Morgan fingerprint density at radius 2 is 2.00 bits per heavy atom. The molecule has 1 fully saturated rings. The maximum atomic E-state index is 12.6. The Morgan fingerprint density at radius 3 is 2.66 bits per heavy atom. The molecule has 29 heavy (non-hydrogen) atoms. The lowest BCUT2D eigenvalue weighted by Gasteiger charge is -2.14. The van der Waals surface area contributed by atoms with Gasteiger partial charge in [-0.1, -0.05) is 54.6 Å². The van der Waals surface area contributed by atoms with Crippen molar-refractivity contribution in [1.29, 1.82) is 0 Å². The number of carbonyl (C=O) groups is 1. The zero-order chi connectivity index (χ0) is 21.0. The summed E-state index contributed by atoms with van der Waals surface area (Å²) in [5, 5.41) is 0.689. The molecule has 2 aromatic carbocycles. The van der Waals surface area contributed by atoms with Crippen molar-refractivity contribution < 1.29 is 14.3 Å². The maximum absolute atomic E-state index is 12.6. The first-order valence-electron chi connectivity index (χ1n) is 8.93. The van der Waals surface area contributed by atoms with Crippen molar-refractivity contribution in [2.75, 3.05) is 13.7 Å². The second-order valence-electron chi connectivity index (χ2n) is 6.28. The number of thiocarbonyl (C=S) groups is 1. The van der Waals surface area contributed by atoms with Gasteiger partial charge in [0.15, 0.2) is 11.5 Å². The Hall–Kier alpha value is -1.29. The lowest BCUT2D eigenvalue weighted by atomic mass is 10.1. The highest BCUT2D eigenvalue weighted by Crippen LogP contribution is 2.37. The highest BCUT2D eigenvalue weighted by molar-refractivity contribution is 14.1. The van der Waals surface area contributed by atoms with E-state index in [2.05, 4.69) is 22.6 Å². The van der Waals surface area contributed by atoms with Crippen molar-refractivity contribution >= 4 is 74.5 Å². The number of hydrogen-bond donors (Lipinski definition) is 0. The monoisotopic (exact) mass is 559 g/mol. The minimum Gasteiger partial charge on any atom is -0.493 e. The lowest BCUT2D eigenvalue weighted by Crippen LogP contribution is -2.28. The van der Waals surface area contributed by atoms with Crippen LogP contribution in [-0.2, 0) is 11.4 Å². The number of halogens is 2. The van der Waals surface area contributed by atoms with Gasteiger partial charge in [0.05, 0.1) is 15.6 Å². The van der Waals surface area contributed by atoms with Gasteiger partial charge in [0.1, 0.15) is 10.9 Å². The standard InChI is InChI=1S/C21H19ClINO3S2/c1-3-8-24-20(25)18(29-21(24)28)11-14-9-16(23)19(17(10-14)26-2)27-12-13-4-6-15(22)7-5-13/h4-7,9-11H,3,8,12H2,1-2H3/b18-11-.